The molecule has 174 valence electrons. The van der Waals surface area contributed by atoms with E-state index in [-0.39, 0.29) is 28.2 Å². The summed E-state index contributed by atoms with van der Waals surface area (Å²) >= 11 is 12.1. The summed E-state index contributed by atoms with van der Waals surface area (Å²) in [4.78, 5) is 27.3. The second kappa shape index (κ2) is 11.5. The van der Waals surface area contributed by atoms with Gasteiger partial charge < -0.3 is 10.2 Å². The first-order chi connectivity index (χ1) is 15.1. The molecule has 2 rings (SSSR count). The van der Waals surface area contributed by atoms with Crippen molar-refractivity contribution >= 4 is 50.7 Å². The van der Waals surface area contributed by atoms with Crippen LogP contribution >= 0.6 is 23.2 Å². The normalized spacial score (nSPS) is 12.2. The molecule has 1 N–H and O–H groups in total. The Kier molecular flexibility index (Phi) is 9.36. The third-order valence-electron chi connectivity index (χ3n) is 4.93. The molecule has 0 spiro atoms. The van der Waals surface area contributed by atoms with Gasteiger partial charge in [0.25, 0.3) is 0 Å². The predicted octanol–water partition coefficient (Wildman–Crippen LogP) is 3.36. The first-order valence-electron chi connectivity index (χ1n) is 10.1. The van der Waals surface area contributed by atoms with Crippen LogP contribution in [0.15, 0.2) is 48.5 Å². The van der Waals surface area contributed by atoms with Gasteiger partial charge in [0.05, 0.1) is 11.9 Å². The van der Waals surface area contributed by atoms with Crippen LogP contribution in [-0.4, -0.2) is 57.6 Å². The standard InChI is InChI=1S/C22H27Cl2N3O4S/c1-4-20(22(29)25-2)26(11-10-16-8-6-5-7-9-16)21(28)15-27(32(3,30)31)19-13-17(23)12-18(24)14-19/h5-9,12-14,20H,4,10-11,15H2,1-3H3,(H,25,29)/t20-/m0/s1. The van der Waals surface area contributed by atoms with E-state index in [0.29, 0.717) is 12.8 Å². The Morgan fingerprint density at radius 1 is 1.06 bits per heavy atom. The monoisotopic (exact) mass is 499 g/mol. The smallest absolute Gasteiger partial charge is 0.244 e. The molecule has 2 aromatic rings. The number of amides is 2. The van der Waals surface area contributed by atoms with Crippen LogP contribution in [0, 0.1) is 0 Å². The highest BCUT2D eigenvalue weighted by molar-refractivity contribution is 7.92. The van der Waals surface area contributed by atoms with Gasteiger partial charge in [-0.05, 0) is 36.6 Å². The van der Waals surface area contributed by atoms with Gasteiger partial charge in [0.15, 0.2) is 0 Å². The van der Waals surface area contributed by atoms with Crippen LogP contribution in [0.25, 0.3) is 0 Å². The lowest BCUT2D eigenvalue weighted by molar-refractivity contribution is -0.139. The minimum absolute atomic E-state index is 0.175. The van der Waals surface area contributed by atoms with E-state index in [1.807, 2.05) is 30.3 Å². The topological polar surface area (TPSA) is 86.8 Å². The molecule has 1 atom stereocenters. The third kappa shape index (κ3) is 7.12. The summed E-state index contributed by atoms with van der Waals surface area (Å²) in [5, 5.41) is 3.06. The van der Waals surface area contributed by atoms with Crippen LogP contribution in [0.1, 0.15) is 18.9 Å². The second-order valence-electron chi connectivity index (χ2n) is 7.26. The van der Waals surface area contributed by atoms with Crippen molar-refractivity contribution in [2.75, 3.05) is 30.7 Å². The van der Waals surface area contributed by atoms with E-state index < -0.39 is 28.5 Å². The molecule has 2 aromatic carbocycles. The molecule has 7 nitrogen and oxygen atoms in total. The van der Waals surface area contributed by atoms with Gasteiger partial charge in [-0.1, -0.05) is 60.5 Å². The summed E-state index contributed by atoms with van der Waals surface area (Å²) in [6.07, 6.45) is 1.89. The average molecular weight is 500 g/mol. The lowest BCUT2D eigenvalue weighted by Crippen LogP contribution is -2.52. The number of halogens is 2. The van der Waals surface area contributed by atoms with E-state index in [4.69, 9.17) is 23.2 Å². The predicted molar refractivity (Wildman–Crippen MR) is 129 cm³/mol. The van der Waals surface area contributed by atoms with Crippen LogP contribution in [0.4, 0.5) is 5.69 Å². The fraction of sp³-hybridized carbons (Fsp3) is 0.364. The van der Waals surface area contributed by atoms with Gasteiger partial charge in [0.2, 0.25) is 21.8 Å². The molecule has 0 aliphatic carbocycles. The van der Waals surface area contributed by atoms with Crippen LogP contribution < -0.4 is 9.62 Å². The number of nitrogens with zero attached hydrogens (tertiary/aromatic N) is 2. The zero-order valence-electron chi connectivity index (χ0n) is 18.2. The Morgan fingerprint density at radius 2 is 1.66 bits per heavy atom. The van der Waals surface area contributed by atoms with Gasteiger partial charge in [-0.3, -0.25) is 13.9 Å². The van der Waals surface area contributed by atoms with Gasteiger partial charge in [-0.2, -0.15) is 0 Å². The summed E-state index contributed by atoms with van der Waals surface area (Å²) in [7, 11) is -2.34. The van der Waals surface area contributed by atoms with Crippen molar-refractivity contribution < 1.29 is 18.0 Å². The minimum atomic E-state index is -3.84. The summed E-state index contributed by atoms with van der Waals surface area (Å²) in [6, 6.07) is 13.1. The van der Waals surface area contributed by atoms with Crippen LogP contribution in [-0.2, 0) is 26.0 Å². The number of benzene rings is 2. The first-order valence-corrected chi connectivity index (χ1v) is 12.7. The molecule has 0 radical (unpaired) electrons. The van der Waals surface area contributed by atoms with Gasteiger partial charge in [-0.15, -0.1) is 0 Å². The molecule has 0 aromatic heterocycles. The molecular formula is C22H27Cl2N3O4S. The third-order valence-corrected chi connectivity index (χ3v) is 6.51. The number of carbonyl (C=O) groups is 2. The maximum Gasteiger partial charge on any atom is 0.244 e. The number of anilines is 1. The number of sulfonamides is 1. The second-order valence-corrected chi connectivity index (χ2v) is 10.0. The quantitative estimate of drug-likeness (QED) is 0.542. The van der Waals surface area contributed by atoms with E-state index in [0.717, 1.165) is 16.1 Å². The van der Waals surface area contributed by atoms with Crippen molar-refractivity contribution in [1.29, 1.82) is 0 Å². The van der Waals surface area contributed by atoms with E-state index in [9.17, 15) is 18.0 Å². The average Bonchev–Trinajstić information content (AvgIpc) is 2.73. The Bertz CT molecular complexity index is 1030. The highest BCUT2D eigenvalue weighted by atomic mass is 35.5. The van der Waals surface area contributed by atoms with Crippen molar-refractivity contribution in [3.63, 3.8) is 0 Å². The molecule has 0 aliphatic rings. The van der Waals surface area contributed by atoms with Crippen molar-refractivity contribution in [2.24, 2.45) is 0 Å². The number of likely N-dealkylation sites (N-methyl/N-ethyl adjacent to an activating group) is 1. The molecule has 32 heavy (non-hydrogen) atoms. The van der Waals surface area contributed by atoms with E-state index in [1.54, 1.807) is 6.92 Å². The first kappa shape index (κ1) is 26.0. The van der Waals surface area contributed by atoms with E-state index >= 15 is 0 Å². The van der Waals surface area contributed by atoms with Crippen LogP contribution in [0.5, 0.6) is 0 Å². The van der Waals surface area contributed by atoms with Crippen molar-refractivity contribution in [3.8, 4) is 0 Å². The zero-order valence-corrected chi connectivity index (χ0v) is 20.5. The molecule has 10 heteroatoms. The number of carbonyl (C=O) groups excluding carboxylic acids is 2. The molecule has 0 saturated heterocycles. The summed E-state index contributed by atoms with van der Waals surface area (Å²) in [6.45, 7) is 1.56. The SMILES string of the molecule is CC[C@@H](C(=O)NC)N(CCc1ccccc1)C(=O)CN(c1cc(Cl)cc(Cl)c1)S(C)(=O)=O. The Morgan fingerprint density at radius 3 is 2.16 bits per heavy atom. The Balaban J connectivity index is 2.37. The van der Waals surface area contributed by atoms with E-state index in [2.05, 4.69) is 5.32 Å². The Hall–Kier alpha value is -2.29. The number of hydrogen-bond donors (Lipinski definition) is 1. The summed E-state index contributed by atoms with van der Waals surface area (Å²) < 4.78 is 26.0. The van der Waals surface area contributed by atoms with Crippen molar-refractivity contribution in [2.45, 2.75) is 25.8 Å². The number of nitrogens with one attached hydrogen (secondary N) is 1. The molecule has 0 saturated carbocycles. The van der Waals surface area contributed by atoms with Gasteiger partial charge >= 0.3 is 0 Å². The van der Waals surface area contributed by atoms with Crippen LogP contribution in [0.3, 0.4) is 0 Å². The maximum absolute atomic E-state index is 13.4. The fourth-order valence-corrected chi connectivity index (χ4v) is 4.71. The molecule has 0 bridgehead atoms. The van der Waals surface area contributed by atoms with Crippen molar-refractivity contribution in [3.05, 3.63) is 64.1 Å². The molecule has 0 fully saturated rings. The summed E-state index contributed by atoms with van der Waals surface area (Å²) in [5.74, 6) is -0.816. The maximum atomic E-state index is 13.4. The largest absolute Gasteiger partial charge is 0.357 e. The lowest BCUT2D eigenvalue weighted by Gasteiger charge is -2.32. The van der Waals surface area contributed by atoms with Gasteiger partial charge in [0.1, 0.15) is 12.6 Å². The van der Waals surface area contributed by atoms with Gasteiger partial charge in [0, 0.05) is 23.6 Å². The highest BCUT2D eigenvalue weighted by Crippen LogP contribution is 2.27. The molecular weight excluding hydrogens is 473 g/mol. The van der Waals surface area contributed by atoms with Crippen molar-refractivity contribution in [1.82, 2.24) is 10.2 Å². The number of rotatable bonds is 10. The van der Waals surface area contributed by atoms with E-state index in [1.165, 1.54) is 30.1 Å². The molecule has 2 amide bonds. The van der Waals surface area contributed by atoms with Crippen LogP contribution in [0.2, 0.25) is 10.0 Å². The molecule has 0 aliphatic heterocycles. The lowest BCUT2D eigenvalue weighted by atomic mass is 10.1. The molecule has 0 unspecified atom stereocenters. The van der Waals surface area contributed by atoms with Gasteiger partial charge in [-0.25, -0.2) is 8.42 Å². The molecule has 0 heterocycles. The summed E-state index contributed by atoms with van der Waals surface area (Å²) in [5.41, 5.74) is 1.17. The number of hydrogen-bond acceptors (Lipinski definition) is 4. The minimum Gasteiger partial charge on any atom is -0.357 e. The zero-order chi connectivity index (χ0) is 23.9. The Labute approximate surface area is 199 Å². The highest BCUT2D eigenvalue weighted by Gasteiger charge is 2.31. The fourth-order valence-electron chi connectivity index (χ4n) is 3.36.